The van der Waals surface area contributed by atoms with Crippen LogP contribution >= 0.6 is 23.2 Å². The quantitative estimate of drug-likeness (QED) is 0.737. The highest BCUT2D eigenvalue weighted by molar-refractivity contribution is 6.39. The minimum absolute atomic E-state index is 0.112. The highest BCUT2D eigenvalue weighted by atomic mass is 35.5. The molecular formula is C11H14Cl2N2O2. The van der Waals surface area contributed by atoms with Gasteiger partial charge in [-0.1, -0.05) is 30.1 Å². The maximum absolute atomic E-state index is 11.8. The smallest absolute Gasteiger partial charge is 0.251 e. The molecule has 0 aromatic heterocycles. The van der Waals surface area contributed by atoms with Crippen LogP contribution in [0.4, 0.5) is 5.69 Å². The van der Waals surface area contributed by atoms with Crippen LogP contribution in [-0.2, 0) is 0 Å². The Labute approximate surface area is 110 Å². The molecule has 17 heavy (non-hydrogen) atoms. The lowest BCUT2D eigenvalue weighted by atomic mass is 10.1. The van der Waals surface area contributed by atoms with Gasteiger partial charge in [0.1, 0.15) is 0 Å². The molecule has 1 amide bonds. The molecule has 0 spiro atoms. The normalized spacial score (nSPS) is 12.2. The molecule has 0 fully saturated rings. The Kier molecular flexibility index (Phi) is 5.05. The summed E-state index contributed by atoms with van der Waals surface area (Å²) < 4.78 is 0. The molecule has 1 rings (SSSR count). The maximum Gasteiger partial charge on any atom is 0.251 e. The topological polar surface area (TPSA) is 75.3 Å². The van der Waals surface area contributed by atoms with Crippen molar-refractivity contribution in [2.24, 2.45) is 0 Å². The number of carbonyl (C=O) groups is 1. The summed E-state index contributed by atoms with van der Waals surface area (Å²) in [5.74, 6) is -0.338. The number of hydrogen-bond donors (Lipinski definition) is 3. The van der Waals surface area contributed by atoms with Crippen LogP contribution in [0.5, 0.6) is 0 Å². The van der Waals surface area contributed by atoms with Crippen LogP contribution in [0.2, 0.25) is 10.0 Å². The molecule has 0 radical (unpaired) electrons. The van der Waals surface area contributed by atoms with E-state index in [-0.39, 0.29) is 34.3 Å². The number of amides is 1. The molecule has 1 aromatic carbocycles. The molecule has 0 aliphatic heterocycles. The van der Waals surface area contributed by atoms with Gasteiger partial charge in [-0.15, -0.1) is 0 Å². The zero-order chi connectivity index (χ0) is 13.0. The summed E-state index contributed by atoms with van der Waals surface area (Å²) in [7, 11) is 0. The molecule has 0 saturated heterocycles. The SMILES string of the molecule is CC[C@@H](CO)NC(=O)c1cc(Cl)c(N)c(Cl)c1. The average Bonchev–Trinajstić information content (AvgIpc) is 2.31. The number of hydrogen-bond acceptors (Lipinski definition) is 3. The van der Waals surface area contributed by atoms with E-state index in [9.17, 15) is 4.79 Å². The number of nitrogens with one attached hydrogen (secondary N) is 1. The van der Waals surface area contributed by atoms with Gasteiger partial charge in [0.15, 0.2) is 0 Å². The Balaban J connectivity index is 2.90. The fourth-order valence-electron chi connectivity index (χ4n) is 1.26. The van der Waals surface area contributed by atoms with Crippen molar-refractivity contribution in [3.8, 4) is 0 Å². The third kappa shape index (κ3) is 3.49. The van der Waals surface area contributed by atoms with Gasteiger partial charge in [-0.05, 0) is 18.6 Å². The Bertz CT molecular complexity index is 397. The minimum atomic E-state index is -0.338. The lowest BCUT2D eigenvalue weighted by Crippen LogP contribution is -2.36. The molecule has 0 aliphatic rings. The molecule has 0 saturated carbocycles. The number of anilines is 1. The van der Waals surface area contributed by atoms with Crippen LogP contribution in [0, 0.1) is 0 Å². The summed E-state index contributed by atoms with van der Waals surface area (Å²) in [6, 6.07) is 2.61. The van der Waals surface area contributed by atoms with Crippen LogP contribution in [0.1, 0.15) is 23.7 Å². The maximum atomic E-state index is 11.8. The fraction of sp³-hybridized carbons (Fsp3) is 0.364. The van der Waals surface area contributed by atoms with Crippen molar-refractivity contribution < 1.29 is 9.90 Å². The predicted molar refractivity (Wildman–Crippen MR) is 69.5 cm³/mol. The lowest BCUT2D eigenvalue weighted by Gasteiger charge is -2.14. The van der Waals surface area contributed by atoms with Gasteiger partial charge in [0.25, 0.3) is 5.91 Å². The van der Waals surface area contributed by atoms with Crippen molar-refractivity contribution in [2.45, 2.75) is 19.4 Å². The largest absolute Gasteiger partial charge is 0.396 e. The van der Waals surface area contributed by atoms with Crippen molar-refractivity contribution in [1.29, 1.82) is 0 Å². The van der Waals surface area contributed by atoms with E-state index >= 15 is 0 Å². The van der Waals surface area contributed by atoms with E-state index in [1.807, 2.05) is 6.92 Å². The first-order chi connectivity index (χ1) is 7.99. The summed E-state index contributed by atoms with van der Waals surface area (Å²) in [5.41, 5.74) is 6.14. The van der Waals surface area contributed by atoms with Gasteiger partial charge in [-0.3, -0.25) is 4.79 Å². The van der Waals surface area contributed by atoms with E-state index in [1.54, 1.807) is 0 Å². The standard InChI is InChI=1S/C11H14Cl2N2O2/c1-2-7(5-16)15-11(17)6-3-8(12)10(14)9(13)4-6/h3-4,7,16H,2,5,14H2,1H3,(H,15,17)/t7-/m0/s1. The second-order valence-electron chi connectivity index (χ2n) is 3.61. The summed E-state index contributed by atoms with van der Waals surface area (Å²) >= 11 is 11.7. The molecule has 4 nitrogen and oxygen atoms in total. The Hall–Kier alpha value is -0.970. The van der Waals surface area contributed by atoms with E-state index in [0.717, 1.165) is 0 Å². The van der Waals surface area contributed by atoms with Crippen molar-refractivity contribution in [1.82, 2.24) is 5.32 Å². The summed E-state index contributed by atoms with van der Waals surface area (Å²) in [4.78, 5) is 11.8. The second kappa shape index (κ2) is 6.10. The Morgan fingerprint density at radius 1 is 1.47 bits per heavy atom. The number of halogens is 2. The van der Waals surface area contributed by atoms with Crippen LogP contribution in [0.3, 0.4) is 0 Å². The Morgan fingerprint density at radius 3 is 2.41 bits per heavy atom. The summed E-state index contributed by atoms with van der Waals surface area (Å²) in [6.07, 6.45) is 0.638. The first-order valence-corrected chi connectivity index (χ1v) is 5.91. The van der Waals surface area contributed by atoms with Gasteiger partial charge in [0, 0.05) is 5.56 Å². The Morgan fingerprint density at radius 2 is 2.00 bits per heavy atom. The van der Waals surface area contributed by atoms with Crippen LogP contribution < -0.4 is 11.1 Å². The lowest BCUT2D eigenvalue weighted by molar-refractivity contribution is 0.0915. The summed E-state index contributed by atoms with van der Waals surface area (Å²) in [5, 5.41) is 12.1. The van der Waals surface area contributed by atoms with Gasteiger partial charge in [-0.2, -0.15) is 0 Å². The molecule has 0 aliphatic carbocycles. The number of aliphatic hydroxyl groups excluding tert-OH is 1. The van der Waals surface area contributed by atoms with Crippen molar-refractivity contribution in [3.63, 3.8) is 0 Å². The number of benzene rings is 1. The fourth-order valence-corrected chi connectivity index (χ4v) is 1.75. The molecule has 0 heterocycles. The van der Waals surface area contributed by atoms with E-state index < -0.39 is 0 Å². The molecule has 6 heteroatoms. The third-order valence-electron chi connectivity index (χ3n) is 2.39. The average molecular weight is 277 g/mol. The summed E-state index contributed by atoms with van der Waals surface area (Å²) in [6.45, 7) is 1.75. The zero-order valence-electron chi connectivity index (χ0n) is 9.34. The van der Waals surface area contributed by atoms with E-state index in [1.165, 1.54) is 12.1 Å². The first kappa shape index (κ1) is 14.1. The van der Waals surface area contributed by atoms with Crippen molar-refractivity contribution in [2.75, 3.05) is 12.3 Å². The number of carbonyl (C=O) groups excluding carboxylic acids is 1. The monoisotopic (exact) mass is 276 g/mol. The first-order valence-electron chi connectivity index (χ1n) is 5.15. The number of nitrogens with two attached hydrogens (primary N) is 1. The molecule has 1 atom stereocenters. The van der Waals surface area contributed by atoms with Crippen LogP contribution in [-0.4, -0.2) is 23.7 Å². The molecule has 1 aromatic rings. The van der Waals surface area contributed by atoms with Gasteiger partial charge in [-0.25, -0.2) is 0 Å². The van der Waals surface area contributed by atoms with E-state index in [0.29, 0.717) is 12.0 Å². The highest BCUT2D eigenvalue weighted by Gasteiger charge is 2.14. The molecule has 94 valence electrons. The second-order valence-corrected chi connectivity index (χ2v) is 4.43. The minimum Gasteiger partial charge on any atom is -0.396 e. The third-order valence-corrected chi connectivity index (χ3v) is 3.02. The highest BCUT2D eigenvalue weighted by Crippen LogP contribution is 2.28. The number of aliphatic hydroxyl groups is 1. The van der Waals surface area contributed by atoms with Gasteiger partial charge in [0.05, 0.1) is 28.4 Å². The van der Waals surface area contributed by atoms with E-state index in [2.05, 4.69) is 5.32 Å². The van der Waals surface area contributed by atoms with Crippen molar-refractivity contribution >= 4 is 34.8 Å². The number of nitrogen functional groups attached to an aromatic ring is 1. The van der Waals surface area contributed by atoms with Crippen molar-refractivity contribution in [3.05, 3.63) is 27.7 Å². The molecule has 4 N–H and O–H groups in total. The zero-order valence-corrected chi connectivity index (χ0v) is 10.8. The van der Waals surface area contributed by atoms with Gasteiger partial charge >= 0.3 is 0 Å². The van der Waals surface area contributed by atoms with Gasteiger partial charge in [0.2, 0.25) is 0 Å². The molecule has 0 unspecified atom stereocenters. The predicted octanol–water partition coefficient (Wildman–Crippen LogP) is 2.08. The van der Waals surface area contributed by atoms with Crippen LogP contribution in [0.25, 0.3) is 0 Å². The van der Waals surface area contributed by atoms with E-state index in [4.69, 9.17) is 34.0 Å². The van der Waals surface area contributed by atoms with Crippen LogP contribution in [0.15, 0.2) is 12.1 Å². The molecule has 0 bridgehead atoms. The van der Waals surface area contributed by atoms with Gasteiger partial charge < -0.3 is 16.2 Å². The molecular weight excluding hydrogens is 263 g/mol. The number of rotatable bonds is 4.